The third-order valence-corrected chi connectivity index (χ3v) is 8.22. The van der Waals surface area contributed by atoms with Gasteiger partial charge in [-0.2, -0.15) is 0 Å². The van der Waals surface area contributed by atoms with Gasteiger partial charge in [-0.3, -0.25) is 14.9 Å². The van der Waals surface area contributed by atoms with Crippen LogP contribution in [0.15, 0.2) is 77.1 Å². The number of hydrogen-bond acceptors (Lipinski definition) is 7. The quantitative estimate of drug-likeness (QED) is 0.291. The number of thiol groups is 1. The number of halogens is 1. The van der Waals surface area contributed by atoms with Gasteiger partial charge < -0.3 is 15.1 Å². The van der Waals surface area contributed by atoms with Gasteiger partial charge in [0.2, 0.25) is 0 Å². The van der Waals surface area contributed by atoms with Crippen molar-refractivity contribution in [2.75, 3.05) is 36.4 Å². The molecule has 2 N–H and O–H groups in total. The molecule has 1 saturated heterocycles. The zero-order chi connectivity index (χ0) is 26.9. The molecular weight excluding hydrogens is 533 g/mol. The van der Waals surface area contributed by atoms with E-state index in [4.69, 9.17) is 0 Å². The second-order valence-electron chi connectivity index (χ2n) is 9.52. The van der Waals surface area contributed by atoms with E-state index >= 15 is 0 Å². The number of carbonyl (C=O) groups excluding carboxylic acids is 2. The Morgan fingerprint density at radius 2 is 1.82 bits per heavy atom. The van der Waals surface area contributed by atoms with E-state index in [1.165, 1.54) is 40.1 Å². The van der Waals surface area contributed by atoms with Crippen LogP contribution in [-0.4, -0.2) is 47.9 Å². The van der Waals surface area contributed by atoms with Crippen LogP contribution in [0.2, 0.25) is 0 Å². The van der Waals surface area contributed by atoms with Gasteiger partial charge in [0.1, 0.15) is 11.9 Å². The van der Waals surface area contributed by atoms with Gasteiger partial charge in [-0.25, -0.2) is 9.37 Å². The van der Waals surface area contributed by atoms with Gasteiger partial charge in [-0.15, -0.1) is 24.0 Å². The summed E-state index contributed by atoms with van der Waals surface area (Å²) in [5, 5.41) is 8.28. The van der Waals surface area contributed by atoms with Crippen LogP contribution >= 0.6 is 24.0 Å². The Morgan fingerprint density at radius 3 is 2.56 bits per heavy atom. The van der Waals surface area contributed by atoms with E-state index in [1.807, 2.05) is 12.1 Å². The number of nitrogens with one attached hydrogen (secondary N) is 2. The van der Waals surface area contributed by atoms with Gasteiger partial charge in [0.15, 0.2) is 5.13 Å². The summed E-state index contributed by atoms with van der Waals surface area (Å²) >= 11 is 5.75. The van der Waals surface area contributed by atoms with Crippen molar-refractivity contribution in [1.29, 1.82) is 0 Å². The van der Waals surface area contributed by atoms with Crippen LogP contribution in [-0.2, 0) is 11.3 Å². The molecule has 1 fully saturated rings. The molecule has 0 aliphatic carbocycles. The van der Waals surface area contributed by atoms with Crippen LogP contribution in [0, 0.1) is 5.82 Å². The van der Waals surface area contributed by atoms with E-state index in [0.717, 1.165) is 42.9 Å². The Morgan fingerprint density at radius 1 is 1.05 bits per heavy atom. The van der Waals surface area contributed by atoms with Crippen LogP contribution in [0.4, 0.5) is 15.2 Å². The lowest BCUT2D eigenvalue weighted by Crippen LogP contribution is -2.43. The summed E-state index contributed by atoms with van der Waals surface area (Å²) in [6.07, 6.45) is 1.58. The van der Waals surface area contributed by atoms with Crippen molar-refractivity contribution in [2.45, 2.75) is 17.5 Å². The Kier molecular flexibility index (Phi) is 7.07. The van der Waals surface area contributed by atoms with E-state index < -0.39 is 17.8 Å². The van der Waals surface area contributed by atoms with Crippen molar-refractivity contribution in [3.05, 3.63) is 94.7 Å². The number of carbonyl (C=O) groups is 2. The van der Waals surface area contributed by atoms with Gasteiger partial charge >= 0.3 is 0 Å². The van der Waals surface area contributed by atoms with Gasteiger partial charge in [0, 0.05) is 66.0 Å². The molecule has 198 valence electrons. The number of aromatic nitrogens is 1. The van der Waals surface area contributed by atoms with Gasteiger partial charge in [-0.1, -0.05) is 18.2 Å². The van der Waals surface area contributed by atoms with E-state index in [2.05, 4.69) is 57.4 Å². The largest absolute Gasteiger partial charge is 0.369 e. The first-order valence-corrected chi connectivity index (χ1v) is 14.0. The monoisotopic (exact) mass is 559 g/mol. The highest BCUT2D eigenvalue weighted by molar-refractivity contribution is 7.80. The predicted octanol–water partition coefficient (Wildman–Crippen LogP) is 4.98. The number of anilines is 2. The molecular formula is C29H26FN5O2S2. The lowest BCUT2D eigenvalue weighted by molar-refractivity contribution is -0.120. The van der Waals surface area contributed by atoms with Crippen LogP contribution in [0.25, 0.3) is 11.1 Å². The number of nitrogens with zero attached hydrogens (tertiary/aromatic N) is 3. The summed E-state index contributed by atoms with van der Waals surface area (Å²) in [7, 11) is 0. The van der Waals surface area contributed by atoms with E-state index in [9.17, 15) is 14.0 Å². The molecule has 0 spiro atoms. The minimum atomic E-state index is -1.08. The smallest absolute Gasteiger partial charge is 0.255 e. The number of amides is 2. The number of hydrogen-bond donors (Lipinski definition) is 3. The number of benzene rings is 3. The summed E-state index contributed by atoms with van der Waals surface area (Å²) in [6.45, 7) is 4.12. The number of thiazole rings is 1. The molecule has 2 aliphatic rings. The van der Waals surface area contributed by atoms with Crippen molar-refractivity contribution in [3.8, 4) is 11.1 Å². The minimum Gasteiger partial charge on any atom is -0.369 e. The summed E-state index contributed by atoms with van der Waals surface area (Å²) in [6, 6.07) is 17.1. The molecule has 1 unspecified atom stereocenters. The fourth-order valence-corrected chi connectivity index (χ4v) is 5.97. The van der Waals surface area contributed by atoms with Crippen molar-refractivity contribution >= 4 is 46.6 Å². The molecule has 2 aliphatic heterocycles. The number of rotatable bonds is 6. The van der Waals surface area contributed by atoms with Crippen LogP contribution in [0.1, 0.15) is 27.5 Å². The third-order valence-electron chi connectivity index (χ3n) is 7.13. The number of piperazine rings is 1. The topological polar surface area (TPSA) is 77.6 Å². The Bertz CT molecular complexity index is 1520. The SMILES string of the molecule is O=C(Nc1nccs1)C(c1cc(F)ccc1S)N1Cc2cc(-c3ccc(N4CCNCC4)cc3)ccc2C1=O. The van der Waals surface area contributed by atoms with Crippen LogP contribution in [0.5, 0.6) is 0 Å². The summed E-state index contributed by atoms with van der Waals surface area (Å²) < 4.78 is 14.3. The molecule has 2 amide bonds. The molecule has 10 heteroatoms. The molecule has 1 atom stereocenters. The molecule has 39 heavy (non-hydrogen) atoms. The number of fused-ring (bicyclic) bond motifs is 1. The van der Waals surface area contributed by atoms with E-state index in [-0.39, 0.29) is 12.5 Å². The molecule has 1 aromatic heterocycles. The lowest BCUT2D eigenvalue weighted by Gasteiger charge is -2.29. The minimum absolute atomic E-state index is 0.209. The first-order chi connectivity index (χ1) is 19.0. The Hall–Kier alpha value is -3.73. The van der Waals surface area contributed by atoms with Crippen LogP contribution < -0.4 is 15.5 Å². The van der Waals surface area contributed by atoms with E-state index in [1.54, 1.807) is 17.6 Å². The fraction of sp³-hybridized carbons (Fsp3) is 0.207. The van der Waals surface area contributed by atoms with Crippen molar-refractivity contribution < 1.29 is 14.0 Å². The summed E-state index contributed by atoms with van der Waals surface area (Å²) in [5.74, 6) is -1.27. The normalized spacial score (nSPS) is 15.8. The average molecular weight is 560 g/mol. The maximum absolute atomic E-state index is 14.3. The molecule has 3 aromatic carbocycles. The molecule has 0 bridgehead atoms. The Labute approximate surface area is 235 Å². The van der Waals surface area contributed by atoms with Crippen molar-refractivity contribution in [1.82, 2.24) is 15.2 Å². The average Bonchev–Trinajstić information content (AvgIpc) is 3.59. The molecule has 6 rings (SSSR count). The summed E-state index contributed by atoms with van der Waals surface area (Å²) in [5.41, 5.74) is 4.88. The van der Waals surface area contributed by atoms with Crippen LogP contribution in [0.3, 0.4) is 0 Å². The predicted molar refractivity (Wildman–Crippen MR) is 154 cm³/mol. The maximum atomic E-state index is 14.3. The first kappa shape index (κ1) is 25.5. The zero-order valence-electron chi connectivity index (χ0n) is 20.9. The lowest BCUT2D eigenvalue weighted by atomic mass is 10.00. The van der Waals surface area contributed by atoms with Gasteiger partial charge in [0.05, 0.1) is 0 Å². The van der Waals surface area contributed by atoms with E-state index in [0.29, 0.717) is 21.2 Å². The summed E-state index contributed by atoms with van der Waals surface area (Å²) in [4.78, 5) is 35.5. The van der Waals surface area contributed by atoms with Crippen molar-refractivity contribution in [2.24, 2.45) is 0 Å². The molecule has 7 nitrogen and oxygen atoms in total. The second kappa shape index (κ2) is 10.8. The highest BCUT2D eigenvalue weighted by Crippen LogP contribution is 2.37. The van der Waals surface area contributed by atoms with Gasteiger partial charge in [-0.05, 0) is 59.2 Å². The van der Waals surface area contributed by atoms with Crippen molar-refractivity contribution in [3.63, 3.8) is 0 Å². The highest BCUT2D eigenvalue weighted by atomic mass is 32.1. The highest BCUT2D eigenvalue weighted by Gasteiger charge is 2.39. The fourth-order valence-electron chi connectivity index (χ4n) is 5.17. The molecule has 4 aromatic rings. The van der Waals surface area contributed by atoms with Gasteiger partial charge in [0.25, 0.3) is 11.8 Å². The molecule has 3 heterocycles. The maximum Gasteiger partial charge on any atom is 0.255 e. The second-order valence-corrected chi connectivity index (χ2v) is 10.9. The first-order valence-electron chi connectivity index (χ1n) is 12.7. The standard InChI is InChI=1S/C29H26FN5O2S2/c30-21-4-8-25(38)24(16-21)26(27(36)33-29-32-11-14-39-29)35-17-20-15-19(3-7-23(20)28(35)37)18-1-5-22(6-2-18)34-12-9-31-10-13-34/h1-8,11,14-16,26,31,38H,9-10,12-13,17H2,(H,32,33,36). The molecule has 0 radical (unpaired) electrons. The Balaban J connectivity index is 1.29. The molecule has 0 saturated carbocycles. The zero-order valence-corrected chi connectivity index (χ0v) is 22.6. The third kappa shape index (κ3) is 5.15.